The summed E-state index contributed by atoms with van der Waals surface area (Å²) >= 11 is 12.4. The first-order valence-corrected chi connectivity index (χ1v) is 11.0. The summed E-state index contributed by atoms with van der Waals surface area (Å²) < 4.78 is 13.9. The number of allylic oxidation sites excluding steroid dienone is 1. The van der Waals surface area contributed by atoms with Crippen LogP contribution in [0.2, 0.25) is 10.0 Å². The number of para-hydroxylation sites is 1. The second-order valence-corrected chi connectivity index (χ2v) is 8.29. The summed E-state index contributed by atoms with van der Waals surface area (Å²) in [6.45, 7) is 3.15. The maximum atomic E-state index is 12.9. The molecule has 0 saturated heterocycles. The Kier molecular flexibility index (Phi) is 5.41. The number of fused-ring (bicyclic) bond motifs is 2. The van der Waals surface area contributed by atoms with Gasteiger partial charge in [0.05, 0.1) is 5.56 Å². The largest absolute Gasteiger partial charge is 0.489 e. The Balaban J connectivity index is 1.41. The van der Waals surface area contributed by atoms with Gasteiger partial charge in [-0.3, -0.25) is 4.79 Å². The van der Waals surface area contributed by atoms with Crippen LogP contribution in [0.15, 0.2) is 72.6 Å². The fraction of sp³-hybridized carbons (Fsp3) is 0.115. The monoisotopic (exact) mass is 463 g/mol. The lowest BCUT2D eigenvalue weighted by molar-refractivity contribution is 0.101. The van der Waals surface area contributed by atoms with E-state index in [-0.39, 0.29) is 12.4 Å². The van der Waals surface area contributed by atoms with E-state index in [2.05, 4.69) is 17.6 Å². The third kappa shape index (κ3) is 3.66. The van der Waals surface area contributed by atoms with Gasteiger partial charge in [0.15, 0.2) is 5.76 Å². The Labute approximate surface area is 195 Å². The number of carbonyl (C=O) groups excluding carboxylic acids is 1. The van der Waals surface area contributed by atoms with Gasteiger partial charge in [-0.25, -0.2) is 0 Å². The Bertz CT molecular complexity index is 1370. The van der Waals surface area contributed by atoms with Gasteiger partial charge < -0.3 is 14.0 Å². The minimum Gasteiger partial charge on any atom is -0.489 e. The standard InChI is InChI=1S/C26H19Cl2NO3/c1-2-29-14-16(18-6-3-4-9-23(18)29)12-25-26(30)19-11-10-17(13-24(19)32-25)31-15-20-21(27)7-5-8-22(20)28/h3-14H,2,15H2,1H3/b25-12-. The van der Waals surface area contributed by atoms with Crippen LogP contribution in [0.5, 0.6) is 11.5 Å². The molecule has 0 spiro atoms. The summed E-state index contributed by atoms with van der Waals surface area (Å²) in [5, 5.41) is 2.16. The zero-order valence-electron chi connectivity index (χ0n) is 17.3. The van der Waals surface area contributed by atoms with E-state index in [1.54, 1.807) is 42.5 Å². The third-order valence-electron chi connectivity index (χ3n) is 5.53. The number of benzene rings is 3. The van der Waals surface area contributed by atoms with Gasteiger partial charge in [0.25, 0.3) is 0 Å². The normalized spacial score (nSPS) is 14.1. The molecule has 0 N–H and O–H groups in total. The van der Waals surface area contributed by atoms with E-state index in [0.29, 0.717) is 38.4 Å². The van der Waals surface area contributed by atoms with Gasteiger partial charge in [-0.1, -0.05) is 47.5 Å². The van der Waals surface area contributed by atoms with Crippen molar-refractivity contribution in [2.45, 2.75) is 20.1 Å². The van der Waals surface area contributed by atoms with Crippen LogP contribution in [0, 0.1) is 0 Å². The Hall–Kier alpha value is -3.21. The lowest BCUT2D eigenvalue weighted by atomic mass is 10.1. The molecule has 1 aliphatic heterocycles. The fourth-order valence-corrected chi connectivity index (χ4v) is 4.38. The molecule has 0 radical (unpaired) electrons. The van der Waals surface area contributed by atoms with Crippen molar-refractivity contribution in [3.05, 3.63) is 99.4 Å². The molecule has 1 aliphatic rings. The summed E-state index contributed by atoms with van der Waals surface area (Å²) in [4.78, 5) is 12.9. The average molecular weight is 464 g/mol. The minimum absolute atomic E-state index is 0.144. The van der Waals surface area contributed by atoms with Gasteiger partial charge in [-0.2, -0.15) is 0 Å². The predicted molar refractivity (Wildman–Crippen MR) is 128 cm³/mol. The number of ether oxygens (including phenoxy) is 2. The van der Waals surface area contributed by atoms with E-state index in [9.17, 15) is 4.79 Å². The highest BCUT2D eigenvalue weighted by molar-refractivity contribution is 6.35. The first-order chi connectivity index (χ1) is 15.5. The molecule has 0 amide bonds. The number of rotatable bonds is 5. The lowest BCUT2D eigenvalue weighted by Gasteiger charge is -2.10. The second kappa shape index (κ2) is 8.38. The molecule has 32 heavy (non-hydrogen) atoms. The molecule has 6 heteroatoms. The molecule has 3 aromatic carbocycles. The maximum Gasteiger partial charge on any atom is 0.231 e. The van der Waals surface area contributed by atoms with Crippen LogP contribution in [0.25, 0.3) is 17.0 Å². The van der Waals surface area contributed by atoms with Crippen molar-refractivity contribution in [3.63, 3.8) is 0 Å². The van der Waals surface area contributed by atoms with E-state index < -0.39 is 0 Å². The quantitative estimate of drug-likeness (QED) is 0.294. The Morgan fingerprint density at radius 3 is 2.59 bits per heavy atom. The molecular formula is C26H19Cl2NO3. The lowest BCUT2D eigenvalue weighted by Crippen LogP contribution is -1.98. The van der Waals surface area contributed by atoms with E-state index in [1.165, 1.54) is 0 Å². The van der Waals surface area contributed by atoms with Gasteiger partial charge >= 0.3 is 0 Å². The van der Waals surface area contributed by atoms with Crippen LogP contribution in [0.1, 0.15) is 28.4 Å². The number of aryl methyl sites for hydroxylation is 1. The van der Waals surface area contributed by atoms with Gasteiger partial charge in [0, 0.05) is 50.9 Å². The zero-order chi connectivity index (χ0) is 22.2. The highest BCUT2D eigenvalue weighted by Gasteiger charge is 2.28. The summed E-state index contributed by atoms with van der Waals surface area (Å²) in [7, 11) is 0. The molecule has 0 bridgehead atoms. The number of aromatic nitrogens is 1. The second-order valence-electron chi connectivity index (χ2n) is 7.47. The number of hydrogen-bond acceptors (Lipinski definition) is 3. The van der Waals surface area contributed by atoms with Crippen LogP contribution >= 0.6 is 23.2 Å². The molecule has 0 atom stereocenters. The van der Waals surface area contributed by atoms with E-state index in [1.807, 2.05) is 24.4 Å². The van der Waals surface area contributed by atoms with Crippen LogP contribution < -0.4 is 9.47 Å². The minimum atomic E-state index is -0.144. The Morgan fingerprint density at radius 2 is 1.81 bits per heavy atom. The van der Waals surface area contributed by atoms with Gasteiger partial charge in [0.1, 0.15) is 18.1 Å². The summed E-state index contributed by atoms with van der Waals surface area (Å²) in [5.41, 5.74) is 3.29. The molecule has 0 aliphatic carbocycles. The summed E-state index contributed by atoms with van der Waals surface area (Å²) in [5.74, 6) is 1.19. The molecule has 4 nitrogen and oxygen atoms in total. The number of halogens is 2. The number of hydrogen-bond donors (Lipinski definition) is 0. The van der Waals surface area contributed by atoms with Gasteiger partial charge in [-0.15, -0.1) is 0 Å². The van der Waals surface area contributed by atoms with E-state index in [4.69, 9.17) is 32.7 Å². The first-order valence-electron chi connectivity index (χ1n) is 10.3. The third-order valence-corrected chi connectivity index (χ3v) is 6.24. The summed E-state index contributed by atoms with van der Waals surface area (Å²) in [6.07, 6.45) is 3.85. The maximum absolute atomic E-state index is 12.9. The molecule has 160 valence electrons. The van der Waals surface area contributed by atoms with Crippen molar-refractivity contribution >= 4 is 46.0 Å². The number of nitrogens with zero attached hydrogens (tertiary/aromatic N) is 1. The first kappa shape index (κ1) is 20.7. The van der Waals surface area contributed by atoms with Crippen molar-refractivity contribution in [2.75, 3.05) is 0 Å². The molecule has 4 aromatic rings. The zero-order valence-corrected chi connectivity index (χ0v) is 18.8. The fourth-order valence-electron chi connectivity index (χ4n) is 3.88. The van der Waals surface area contributed by atoms with Crippen molar-refractivity contribution in [2.24, 2.45) is 0 Å². The molecular weight excluding hydrogens is 445 g/mol. The molecule has 2 heterocycles. The van der Waals surface area contributed by atoms with Crippen molar-refractivity contribution in [1.29, 1.82) is 0 Å². The van der Waals surface area contributed by atoms with Crippen molar-refractivity contribution in [3.8, 4) is 11.5 Å². The predicted octanol–water partition coefficient (Wildman–Crippen LogP) is 7.16. The van der Waals surface area contributed by atoms with Gasteiger partial charge in [-0.05, 0) is 43.3 Å². The van der Waals surface area contributed by atoms with Crippen LogP contribution in [0.3, 0.4) is 0 Å². The van der Waals surface area contributed by atoms with Crippen LogP contribution in [-0.4, -0.2) is 10.4 Å². The molecule has 0 unspecified atom stereocenters. The van der Waals surface area contributed by atoms with Crippen LogP contribution in [-0.2, 0) is 13.2 Å². The molecule has 5 rings (SSSR count). The Morgan fingerprint density at radius 1 is 1.03 bits per heavy atom. The SMILES string of the molecule is CCn1cc(/C=C2\Oc3cc(OCc4c(Cl)cccc4Cl)ccc3C2=O)c2ccccc21. The molecule has 1 aromatic heterocycles. The van der Waals surface area contributed by atoms with Crippen molar-refractivity contribution in [1.82, 2.24) is 4.57 Å². The topological polar surface area (TPSA) is 40.5 Å². The number of ketones is 1. The highest BCUT2D eigenvalue weighted by atomic mass is 35.5. The van der Waals surface area contributed by atoms with Crippen molar-refractivity contribution < 1.29 is 14.3 Å². The average Bonchev–Trinajstić information content (AvgIpc) is 3.31. The molecule has 0 saturated carbocycles. The smallest absolute Gasteiger partial charge is 0.231 e. The van der Waals surface area contributed by atoms with Gasteiger partial charge in [0.2, 0.25) is 5.78 Å². The number of Topliss-reactive ketones (excluding diaryl/α,β-unsaturated/α-hetero) is 1. The van der Waals surface area contributed by atoms with E-state index >= 15 is 0 Å². The number of carbonyl (C=O) groups is 1. The highest BCUT2D eigenvalue weighted by Crippen LogP contribution is 2.36. The van der Waals surface area contributed by atoms with E-state index in [0.717, 1.165) is 23.0 Å². The summed E-state index contributed by atoms with van der Waals surface area (Å²) in [6, 6.07) is 18.6. The molecule has 0 fully saturated rings. The van der Waals surface area contributed by atoms with Crippen LogP contribution in [0.4, 0.5) is 0 Å².